The highest BCUT2D eigenvalue weighted by Crippen LogP contribution is 2.54. The smallest absolute Gasteiger partial charge is 0.173 e. The summed E-state index contributed by atoms with van der Waals surface area (Å²) in [7, 11) is 3.56. The van der Waals surface area contributed by atoms with E-state index in [9.17, 15) is 0 Å². The predicted molar refractivity (Wildman–Crippen MR) is 42.2 cm³/mol. The van der Waals surface area contributed by atoms with Gasteiger partial charge >= 0.3 is 0 Å². The predicted octanol–water partition coefficient (Wildman–Crippen LogP) is 1.80. The highest BCUT2D eigenvalue weighted by atomic mass is 16.7. The molecule has 2 bridgehead atoms. The third kappa shape index (κ3) is 0.798. The molecule has 64 valence electrons. The monoisotopic (exact) mass is 156 g/mol. The van der Waals surface area contributed by atoms with Gasteiger partial charge in [-0.15, -0.1) is 0 Å². The van der Waals surface area contributed by atoms with Gasteiger partial charge in [-0.2, -0.15) is 0 Å². The summed E-state index contributed by atoms with van der Waals surface area (Å²) in [5.41, 5.74) is 0. The fourth-order valence-corrected chi connectivity index (χ4v) is 2.98. The molecule has 0 heterocycles. The molecule has 0 aromatic rings. The van der Waals surface area contributed by atoms with Crippen molar-refractivity contribution < 1.29 is 9.47 Å². The van der Waals surface area contributed by atoms with Crippen LogP contribution in [0.15, 0.2) is 0 Å². The molecule has 0 spiro atoms. The zero-order valence-electron chi connectivity index (χ0n) is 7.30. The van der Waals surface area contributed by atoms with Crippen LogP contribution in [-0.4, -0.2) is 20.0 Å². The maximum absolute atomic E-state index is 5.51. The van der Waals surface area contributed by atoms with E-state index in [1.54, 1.807) is 14.2 Å². The summed E-state index contributed by atoms with van der Waals surface area (Å²) in [6, 6.07) is 0. The van der Waals surface area contributed by atoms with Gasteiger partial charge < -0.3 is 9.47 Å². The molecule has 0 atom stereocenters. The summed E-state index contributed by atoms with van der Waals surface area (Å²) in [6.45, 7) is 0. The van der Waals surface area contributed by atoms with Gasteiger partial charge in [0.25, 0.3) is 0 Å². The average Bonchev–Trinajstić information content (AvgIpc) is 2.59. The van der Waals surface area contributed by atoms with Gasteiger partial charge in [-0.05, 0) is 25.7 Å². The van der Waals surface area contributed by atoms with E-state index in [4.69, 9.17) is 9.47 Å². The molecule has 2 aliphatic rings. The Morgan fingerprint density at radius 1 is 0.909 bits per heavy atom. The lowest BCUT2D eigenvalue weighted by molar-refractivity contribution is -0.234. The fraction of sp³-hybridized carbons (Fsp3) is 1.00. The maximum atomic E-state index is 5.51. The van der Waals surface area contributed by atoms with Crippen LogP contribution in [-0.2, 0) is 9.47 Å². The summed E-state index contributed by atoms with van der Waals surface area (Å²) in [6.07, 6.45) is 5.19. The normalized spacial score (nSPS) is 39.8. The lowest BCUT2D eigenvalue weighted by atomic mass is 10.0. The molecular formula is C9H16O2. The highest BCUT2D eigenvalue weighted by Gasteiger charge is 2.55. The van der Waals surface area contributed by atoms with Gasteiger partial charge in [0.05, 0.1) is 0 Å². The first-order valence-corrected chi connectivity index (χ1v) is 4.44. The Hall–Kier alpha value is -0.0800. The van der Waals surface area contributed by atoms with Crippen molar-refractivity contribution in [3.8, 4) is 0 Å². The van der Waals surface area contributed by atoms with Crippen LogP contribution in [0.5, 0.6) is 0 Å². The van der Waals surface area contributed by atoms with Crippen LogP contribution < -0.4 is 0 Å². The zero-order chi connectivity index (χ0) is 7.90. The van der Waals surface area contributed by atoms with Crippen molar-refractivity contribution in [2.45, 2.75) is 31.5 Å². The molecule has 2 nitrogen and oxygen atoms in total. The lowest BCUT2D eigenvalue weighted by Gasteiger charge is -2.31. The van der Waals surface area contributed by atoms with Crippen molar-refractivity contribution in [3.63, 3.8) is 0 Å². The van der Waals surface area contributed by atoms with Crippen molar-refractivity contribution in [3.05, 3.63) is 0 Å². The Bertz CT molecular complexity index is 130. The fourth-order valence-electron chi connectivity index (χ4n) is 2.98. The van der Waals surface area contributed by atoms with Crippen molar-refractivity contribution in [2.24, 2.45) is 11.8 Å². The SMILES string of the molecule is COC1(OC)C2CCC1CC2. The average molecular weight is 156 g/mol. The van der Waals surface area contributed by atoms with Crippen LogP contribution in [0.2, 0.25) is 0 Å². The van der Waals surface area contributed by atoms with E-state index >= 15 is 0 Å². The third-order valence-electron chi connectivity index (χ3n) is 3.50. The second-order valence-corrected chi connectivity index (χ2v) is 3.68. The first-order valence-electron chi connectivity index (χ1n) is 4.44. The van der Waals surface area contributed by atoms with Crippen LogP contribution in [0.3, 0.4) is 0 Å². The first kappa shape index (κ1) is 7.56. The Balaban J connectivity index is 2.22. The summed E-state index contributed by atoms with van der Waals surface area (Å²) in [5.74, 6) is 1.14. The van der Waals surface area contributed by atoms with E-state index in [0.29, 0.717) is 11.8 Å². The Morgan fingerprint density at radius 2 is 1.27 bits per heavy atom. The van der Waals surface area contributed by atoms with Gasteiger partial charge in [0.2, 0.25) is 0 Å². The molecule has 0 saturated heterocycles. The summed E-state index contributed by atoms with van der Waals surface area (Å²) in [4.78, 5) is 0. The number of methoxy groups -OCH3 is 2. The van der Waals surface area contributed by atoms with Crippen LogP contribution in [0, 0.1) is 11.8 Å². The van der Waals surface area contributed by atoms with Crippen LogP contribution in [0.4, 0.5) is 0 Å². The number of rotatable bonds is 2. The van der Waals surface area contributed by atoms with Crippen molar-refractivity contribution in [1.29, 1.82) is 0 Å². The maximum Gasteiger partial charge on any atom is 0.173 e. The molecule has 0 unspecified atom stereocenters. The van der Waals surface area contributed by atoms with E-state index in [-0.39, 0.29) is 5.79 Å². The summed E-state index contributed by atoms with van der Waals surface area (Å²) < 4.78 is 11.0. The zero-order valence-corrected chi connectivity index (χ0v) is 7.30. The van der Waals surface area contributed by atoms with Gasteiger partial charge in [-0.1, -0.05) is 0 Å². The molecule has 2 saturated carbocycles. The lowest BCUT2D eigenvalue weighted by Crippen LogP contribution is -2.38. The molecule has 2 heteroatoms. The second-order valence-electron chi connectivity index (χ2n) is 3.68. The van der Waals surface area contributed by atoms with Gasteiger partial charge in [0, 0.05) is 26.1 Å². The molecule has 0 aromatic heterocycles. The molecule has 11 heavy (non-hydrogen) atoms. The van der Waals surface area contributed by atoms with Crippen molar-refractivity contribution in [1.82, 2.24) is 0 Å². The number of hydrogen-bond acceptors (Lipinski definition) is 2. The Morgan fingerprint density at radius 3 is 1.45 bits per heavy atom. The molecule has 2 fully saturated rings. The highest BCUT2D eigenvalue weighted by molar-refractivity contribution is 4.99. The molecular weight excluding hydrogens is 140 g/mol. The van der Waals surface area contributed by atoms with Crippen molar-refractivity contribution >= 4 is 0 Å². The molecule has 0 amide bonds. The van der Waals surface area contributed by atoms with Gasteiger partial charge in [0.15, 0.2) is 5.79 Å². The molecule has 2 aliphatic carbocycles. The van der Waals surface area contributed by atoms with E-state index in [2.05, 4.69) is 0 Å². The largest absolute Gasteiger partial charge is 0.353 e. The van der Waals surface area contributed by atoms with Gasteiger partial charge in [-0.3, -0.25) is 0 Å². The molecule has 2 rings (SSSR count). The van der Waals surface area contributed by atoms with E-state index in [1.807, 2.05) is 0 Å². The summed E-state index contributed by atoms with van der Waals surface area (Å²) in [5, 5.41) is 0. The number of hydrogen-bond donors (Lipinski definition) is 0. The molecule has 0 aromatic carbocycles. The van der Waals surface area contributed by atoms with Gasteiger partial charge in [-0.25, -0.2) is 0 Å². The minimum Gasteiger partial charge on any atom is -0.353 e. The minimum atomic E-state index is -0.194. The Labute approximate surface area is 67.9 Å². The molecule has 0 N–H and O–H groups in total. The van der Waals surface area contributed by atoms with Crippen molar-refractivity contribution in [2.75, 3.05) is 14.2 Å². The minimum absolute atomic E-state index is 0.194. The number of ether oxygens (including phenoxy) is 2. The second kappa shape index (κ2) is 2.46. The van der Waals surface area contributed by atoms with E-state index < -0.39 is 0 Å². The van der Waals surface area contributed by atoms with Gasteiger partial charge in [0.1, 0.15) is 0 Å². The van der Waals surface area contributed by atoms with E-state index in [1.165, 1.54) is 25.7 Å². The van der Waals surface area contributed by atoms with Crippen LogP contribution >= 0.6 is 0 Å². The standard InChI is InChI=1S/C9H16O2/c1-10-9(11-2)7-3-4-8(9)6-5-7/h7-8H,3-6H2,1-2H3. The third-order valence-corrected chi connectivity index (χ3v) is 3.50. The topological polar surface area (TPSA) is 18.5 Å². The summed E-state index contributed by atoms with van der Waals surface area (Å²) >= 11 is 0. The van der Waals surface area contributed by atoms with Crippen LogP contribution in [0.1, 0.15) is 25.7 Å². The first-order chi connectivity index (χ1) is 5.33. The van der Waals surface area contributed by atoms with Crippen LogP contribution in [0.25, 0.3) is 0 Å². The quantitative estimate of drug-likeness (QED) is 0.567. The Kier molecular flexibility index (Phi) is 1.69. The molecule has 0 aliphatic heterocycles. The number of fused-ring (bicyclic) bond motifs is 2. The van der Waals surface area contributed by atoms with E-state index in [0.717, 1.165) is 0 Å². The molecule has 0 radical (unpaired) electrons.